The molecule has 0 aliphatic carbocycles. The van der Waals surface area contributed by atoms with E-state index in [0.717, 1.165) is 32.7 Å². The first kappa shape index (κ1) is 18.5. The van der Waals surface area contributed by atoms with Crippen LogP contribution in [-0.2, 0) is 4.79 Å². The summed E-state index contributed by atoms with van der Waals surface area (Å²) < 4.78 is 0. The van der Waals surface area contributed by atoms with Crippen molar-refractivity contribution in [3.8, 4) is 6.07 Å². The van der Waals surface area contributed by atoms with E-state index in [0.29, 0.717) is 5.69 Å². The van der Waals surface area contributed by atoms with Gasteiger partial charge in [0.15, 0.2) is 0 Å². The second kappa shape index (κ2) is 7.61. The number of carbonyl (C=O) groups excluding carboxylic acids is 1. The van der Waals surface area contributed by atoms with Crippen molar-refractivity contribution in [2.24, 2.45) is 0 Å². The maximum atomic E-state index is 12.8. The van der Waals surface area contributed by atoms with Gasteiger partial charge in [0.05, 0.1) is 0 Å². The number of carbonyl (C=O) groups is 1. The van der Waals surface area contributed by atoms with Crippen LogP contribution >= 0.6 is 0 Å². The number of hydrogen-bond donors (Lipinski definition) is 1. The molecule has 0 aromatic heterocycles. The van der Waals surface area contributed by atoms with Crippen molar-refractivity contribution in [3.05, 3.63) is 95.1 Å². The van der Waals surface area contributed by atoms with Crippen molar-refractivity contribution in [3.63, 3.8) is 0 Å². The second-order valence-corrected chi connectivity index (χ2v) is 7.12. The van der Waals surface area contributed by atoms with Crippen LogP contribution in [0.2, 0.25) is 0 Å². The fraction of sp³-hybridized carbons (Fsp3) is 0.0769. The Bertz CT molecular complexity index is 1250. The number of amides is 1. The summed E-state index contributed by atoms with van der Waals surface area (Å²) in [7, 11) is 0. The highest BCUT2D eigenvalue weighted by Crippen LogP contribution is 2.33. The first-order chi connectivity index (χ1) is 14.1. The molecular weight excluding hydrogens is 356 g/mol. The molecule has 29 heavy (non-hydrogen) atoms. The SMILES string of the molecule is Cc1ccc(NC(=O)/C(C#N)=C\c2c3ccccc3c(C)c3ccccc23)cc1. The van der Waals surface area contributed by atoms with Gasteiger partial charge in [0.2, 0.25) is 0 Å². The Kier molecular flexibility index (Phi) is 4.85. The van der Waals surface area contributed by atoms with Crippen molar-refractivity contribution in [2.75, 3.05) is 5.32 Å². The molecule has 4 aromatic rings. The van der Waals surface area contributed by atoms with E-state index < -0.39 is 5.91 Å². The number of aryl methyl sites for hydroxylation is 2. The highest BCUT2D eigenvalue weighted by atomic mass is 16.1. The Labute approximate surface area is 169 Å². The molecule has 3 heteroatoms. The predicted molar refractivity (Wildman–Crippen MR) is 120 cm³/mol. The van der Waals surface area contributed by atoms with E-state index in [1.54, 1.807) is 6.08 Å². The molecule has 4 aromatic carbocycles. The summed E-state index contributed by atoms with van der Waals surface area (Å²) in [6.45, 7) is 4.09. The molecule has 140 valence electrons. The number of nitrogens with zero attached hydrogens (tertiary/aromatic N) is 1. The zero-order chi connectivity index (χ0) is 20.4. The van der Waals surface area contributed by atoms with Gasteiger partial charge in [0, 0.05) is 5.69 Å². The average molecular weight is 376 g/mol. The molecule has 3 nitrogen and oxygen atoms in total. The van der Waals surface area contributed by atoms with Crippen LogP contribution in [0.15, 0.2) is 78.4 Å². The van der Waals surface area contributed by atoms with Gasteiger partial charge in [-0.25, -0.2) is 0 Å². The quantitative estimate of drug-likeness (QED) is 0.265. The summed E-state index contributed by atoms with van der Waals surface area (Å²) in [6.07, 6.45) is 1.70. The van der Waals surface area contributed by atoms with E-state index >= 15 is 0 Å². The van der Waals surface area contributed by atoms with Gasteiger partial charge in [-0.1, -0.05) is 66.2 Å². The van der Waals surface area contributed by atoms with Crippen LogP contribution in [-0.4, -0.2) is 5.91 Å². The Morgan fingerprint density at radius 1 is 0.828 bits per heavy atom. The zero-order valence-corrected chi connectivity index (χ0v) is 16.4. The summed E-state index contributed by atoms with van der Waals surface area (Å²) in [4.78, 5) is 12.8. The van der Waals surface area contributed by atoms with Crippen LogP contribution in [0.4, 0.5) is 5.69 Å². The Hall–Kier alpha value is -3.90. The summed E-state index contributed by atoms with van der Waals surface area (Å²) in [5.74, 6) is -0.412. The summed E-state index contributed by atoms with van der Waals surface area (Å²) in [5, 5.41) is 16.8. The maximum absolute atomic E-state index is 12.8. The summed E-state index contributed by atoms with van der Waals surface area (Å²) >= 11 is 0. The molecule has 0 spiro atoms. The second-order valence-electron chi connectivity index (χ2n) is 7.12. The van der Waals surface area contributed by atoms with E-state index in [1.807, 2.05) is 67.6 Å². The average Bonchev–Trinajstić information content (AvgIpc) is 2.75. The van der Waals surface area contributed by atoms with Gasteiger partial charge in [0.1, 0.15) is 11.6 Å². The molecule has 0 saturated carbocycles. The van der Waals surface area contributed by atoms with Gasteiger partial charge in [0.25, 0.3) is 5.91 Å². The van der Waals surface area contributed by atoms with Gasteiger partial charge in [-0.3, -0.25) is 4.79 Å². The largest absolute Gasteiger partial charge is 0.321 e. The fourth-order valence-corrected chi connectivity index (χ4v) is 3.66. The Morgan fingerprint density at radius 3 is 1.86 bits per heavy atom. The van der Waals surface area contributed by atoms with Gasteiger partial charge < -0.3 is 5.32 Å². The maximum Gasteiger partial charge on any atom is 0.266 e. The van der Waals surface area contributed by atoms with Crippen molar-refractivity contribution < 1.29 is 4.79 Å². The lowest BCUT2D eigenvalue weighted by Crippen LogP contribution is -2.13. The van der Waals surface area contributed by atoms with Crippen molar-refractivity contribution in [1.29, 1.82) is 5.26 Å². The zero-order valence-electron chi connectivity index (χ0n) is 16.4. The number of fused-ring (bicyclic) bond motifs is 2. The van der Waals surface area contributed by atoms with Crippen LogP contribution in [0.3, 0.4) is 0 Å². The van der Waals surface area contributed by atoms with E-state index in [1.165, 1.54) is 5.56 Å². The van der Waals surface area contributed by atoms with E-state index in [9.17, 15) is 10.1 Å². The monoisotopic (exact) mass is 376 g/mol. The molecule has 0 bridgehead atoms. The van der Waals surface area contributed by atoms with Crippen LogP contribution in [0.25, 0.3) is 27.6 Å². The van der Waals surface area contributed by atoms with Gasteiger partial charge in [-0.15, -0.1) is 0 Å². The van der Waals surface area contributed by atoms with Gasteiger partial charge in [-0.2, -0.15) is 5.26 Å². The number of anilines is 1. The van der Waals surface area contributed by atoms with Crippen LogP contribution in [0, 0.1) is 25.2 Å². The van der Waals surface area contributed by atoms with Crippen molar-refractivity contribution in [2.45, 2.75) is 13.8 Å². The lowest BCUT2D eigenvalue weighted by Gasteiger charge is -2.13. The first-order valence-corrected chi connectivity index (χ1v) is 9.48. The third kappa shape index (κ3) is 3.49. The van der Waals surface area contributed by atoms with E-state index in [-0.39, 0.29) is 5.57 Å². The fourth-order valence-electron chi connectivity index (χ4n) is 3.66. The highest BCUT2D eigenvalue weighted by molar-refractivity contribution is 6.15. The molecular formula is C26H20N2O. The topological polar surface area (TPSA) is 52.9 Å². The minimum atomic E-state index is -0.412. The molecule has 1 amide bonds. The molecule has 0 saturated heterocycles. The number of rotatable bonds is 3. The minimum absolute atomic E-state index is 0.0738. The molecule has 1 N–H and O–H groups in total. The predicted octanol–water partition coefficient (Wildman–Crippen LogP) is 6.16. The molecule has 0 atom stereocenters. The number of benzene rings is 4. The van der Waals surface area contributed by atoms with Crippen LogP contribution < -0.4 is 5.32 Å². The minimum Gasteiger partial charge on any atom is -0.321 e. The number of nitrogens with one attached hydrogen (secondary N) is 1. The first-order valence-electron chi connectivity index (χ1n) is 9.48. The molecule has 0 fully saturated rings. The lowest BCUT2D eigenvalue weighted by molar-refractivity contribution is -0.112. The smallest absolute Gasteiger partial charge is 0.266 e. The highest BCUT2D eigenvalue weighted by Gasteiger charge is 2.14. The third-order valence-electron chi connectivity index (χ3n) is 5.21. The molecule has 0 heterocycles. The standard InChI is InChI=1S/C26H20N2O/c1-17-11-13-20(14-12-17)28-26(29)19(16-27)15-25-23-9-5-3-7-21(23)18(2)22-8-4-6-10-24(22)25/h3-15H,1-2H3,(H,28,29)/b19-15-. The third-order valence-corrected chi connectivity index (χ3v) is 5.21. The van der Waals surface area contributed by atoms with Crippen molar-refractivity contribution >= 4 is 39.2 Å². The number of nitriles is 1. The Morgan fingerprint density at radius 2 is 1.34 bits per heavy atom. The molecule has 4 rings (SSSR count). The molecule has 0 aliphatic heterocycles. The summed E-state index contributed by atoms with van der Waals surface area (Å²) in [5.41, 5.74) is 3.93. The van der Waals surface area contributed by atoms with Gasteiger partial charge >= 0.3 is 0 Å². The lowest BCUT2D eigenvalue weighted by atomic mass is 9.91. The molecule has 0 radical (unpaired) electrons. The van der Waals surface area contributed by atoms with Crippen LogP contribution in [0.1, 0.15) is 16.7 Å². The van der Waals surface area contributed by atoms with Gasteiger partial charge in [-0.05, 0) is 64.7 Å². The van der Waals surface area contributed by atoms with Crippen LogP contribution in [0.5, 0.6) is 0 Å². The van der Waals surface area contributed by atoms with Crippen molar-refractivity contribution in [1.82, 2.24) is 0 Å². The normalized spacial score (nSPS) is 11.4. The number of hydrogen-bond acceptors (Lipinski definition) is 2. The molecule has 0 unspecified atom stereocenters. The molecule has 0 aliphatic rings. The summed E-state index contributed by atoms with van der Waals surface area (Å²) in [6, 6.07) is 25.8. The van der Waals surface area contributed by atoms with E-state index in [2.05, 4.69) is 30.4 Å². The van der Waals surface area contributed by atoms with E-state index in [4.69, 9.17) is 0 Å². The Balaban J connectivity index is 1.87.